The summed E-state index contributed by atoms with van der Waals surface area (Å²) in [4.78, 5) is 11.2. The van der Waals surface area contributed by atoms with Gasteiger partial charge in [-0.3, -0.25) is 0 Å². The first-order valence-electron chi connectivity index (χ1n) is 6.59. The molecular formula is C17H17FO2. The van der Waals surface area contributed by atoms with Crippen molar-refractivity contribution in [1.82, 2.24) is 0 Å². The van der Waals surface area contributed by atoms with Gasteiger partial charge >= 0.3 is 5.97 Å². The normalized spacial score (nSPS) is 10.8. The predicted molar refractivity (Wildman–Crippen MR) is 77.3 cm³/mol. The van der Waals surface area contributed by atoms with Gasteiger partial charge in [-0.1, -0.05) is 44.2 Å². The third kappa shape index (κ3) is 3.23. The zero-order valence-corrected chi connectivity index (χ0v) is 11.6. The molecule has 2 rings (SSSR count). The topological polar surface area (TPSA) is 37.3 Å². The molecule has 0 saturated carbocycles. The van der Waals surface area contributed by atoms with Gasteiger partial charge in [0.15, 0.2) is 0 Å². The average Bonchev–Trinajstić information content (AvgIpc) is 2.38. The van der Waals surface area contributed by atoms with Crippen molar-refractivity contribution in [3.8, 4) is 11.1 Å². The van der Waals surface area contributed by atoms with Crippen LogP contribution in [-0.4, -0.2) is 11.1 Å². The third-order valence-electron chi connectivity index (χ3n) is 3.09. The van der Waals surface area contributed by atoms with Gasteiger partial charge in [-0.05, 0) is 41.2 Å². The zero-order valence-electron chi connectivity index (χ0n) is 11.6. The van der Waals surface area contributed by atoms with Crippen molar-refractivity contribution in [2.75, 3.05) is 0 Å². The van der Waals surface area contributed by atoms with Crippen LogP contribution in [0.25, 0.3) is 11.1 Å². The molecule has 0 saturated heterocycles. The van der Waals surface area contributed by atoms with E-state index in [1.165, 1.54) is 12.1 Å². The highest BCUT2D eigenvalue weighted by atomic mass is 19.1. The van der Waals surface area contributed by atoms with Gasteiger partial charge in [-0.25, -0.2) is 9.18 Å². The van der Waals surface area contributed by atoms with Crippen LogP contribution in [0, 0.1) is 11.7 Å². The molecule has 0 spiro atoms. The van der Waals surface area contributed by atoms with Gasteiger partial charge < -0.3 is 5.11 Å². The van der Waals surface area contributed by atoms with Gasteiger partial charge in [0.25, 0.3) is 0 Å². The molecule has 2 aromatic carbocycles. The Bertz CT molecular complexity index is 633. The van der Waals surface area contributed by atoms with Crippen molar-refractivity contribution in [1.29, 1.82) is 0 Å². The Morgan fingerprint density at radius 2 is 1.95 bits per heavy atom. The molecule has 0 bridgehead atoms. The van der Waals surface area contributed by atoms with E-state index >= 15 is 0 Å². The molecule has 0 atom stereocenters. The van der Waals surface area contributed by atoms with E-state index < -0.39 is 11.8 Å². The van der Waals surface area contributed by atoms with Crippen LogP contribution in [0.3, 0.4) is 0 Å². The summed E-state index contributed by atoms with van der Waals surface area (Å²) >= 11 is 0. The molecular weight excluding hydrogens is 255 g/mol. The van der Waals surface area contributed by atoms with Crippen LogP contribution in [-0.2, 0) is 6.42 Å². The maximum atomic E-state index is 13.2. The second kappa shape index (κ2) is 5.87. The zero-order chi connectivity index (χ0) is 14.7. The summed E-state index contributed by atoms with van der Waals surface area (Å²) < 4.78 is 13.2. The molecule has 3 heteroatoms. The molecule has 0 heterocycles. The summed E-state index contributed by atoms with van der Waals surface area (Å²) in [5, 5.41) is 9.20. The first kappa shape index (κ1) is 14.3. The number of rotatable bonds is 4. The number of benzene rings is 2. The van der Waals surface area contributed by atoms with Gasteiger partial charge in [-0.2, -0.15) is 0 Å². The van der Waals surface area contributed by atoms with Crippen LogP contribution in [0.15, 0.2) is 42.5 Å². The van der Waals surface area contributed by atoms with Crippen LogP contribution in [0.2, 0.25) is 0 Å². The van der Waals surface area contributed by atoms with Crippen LogP contribution in [0.4, 0.5) is 4.39 Å². The summed E-state index contributed by atoms with van der Waals surface area (Å²) in [6.07, 6.45) is 0.928. The van der Waals surface area contributed by atoms with Crippen molar-refractivity contribution in [2.24, 2.45) is 5.92 Å². The summed E-state index contributed by atoms with van der Waals surface area (Å²) in [6, 6.07) is 11.6. The number of carboxylic acid groups (broad SMARTS) is 1. The quantitative estimate of drug-likeness (QED) is 0.896. The van der Waals surface area contributed by atoms with E-state index in [-0.39, 0.29) is 5.56 Å². The maximum Gasteiger partial charge on any atom is 0.336 e. The van der Waals surface area contributed by atoms with Gasteiger partial charge in [0.05, 0.1) is 5.56 Å². The summed E-state index contributed by atoms with van der Waals surface area (Å²) in [5.41, 5.74) is 2.50. The lowest BCUT2D eigenvalue weighted by molar-refractivity contribution is 0.0697. The largest absolute Gasteiger partial charge is 0.478 e. The van der Waals surface area contributed by atoms with Gasteiger partial charge in [0.1, 0.15) is 5.82 Å². The van der Waals surface area contributed by atoms with E-state index in [9.17, 15) is 14.3 Å². The second-order valence-corrected chi connectivity index (χ2v) is 5.29. The van der Waals surface area contributed by atoms with E-state index in [1.807, 2.05) is 24.3 Å². The molecule has 0 amide bonds. The predicted octanol–water partition coefficient (Wildman–Crippen LogP) is 4.39. The van der Waals surface area contributed by atoms with E-state index in [0.717, 1.165) is 23.6 Å². The molecule has 0 aliphatic rings. The van der Waals surface area contributed by atoms with E-state index in [2.05, 4.69) is 13.8 Å². The monoisotopic (exact) mass is 272 g/mol. The molecule has 0 unspecified atom stereocenters. The number of carbonyl (C=O) groups is 1. The molecule has 2 nitrogen and oxygen atoms in total. The van der Waals surface area contributed by atoms with Crippen LogP contribution in [0.1, 0.15) is 29.8 Å². The van der Waals surface area contributed by atoms with Crippen molar-refractivity contribution >= 4 is 5.97 Å². The highest BCUT2D eigenvalue weighted by Gasteiger charge is 2.13. The van der Waals surface area contributed by atoms with Gasteiger partial charge in [0.2, 0.25) is 0 Å². The van der Waals surface area contributed by atoms with Crippen molar-refractivity contribution in [3.05, 3.63) is 59.4 Å². The smallest absolute Gasteiger partial charge is 0.336 e. The van der Waals surface area contributed by atoms with E-state index in [4.69, 9.17) is 0 Å². The second-order valence-electron chi connectivity index (χ2n) is 5.29. The van der Waals surface area contributed by atoms with E-state index in [0.29, 0.717) is 11.5 Å². The number of carboxylic acids is 1. The lowest BCUT2D eigenvalue weighted by Gasteiger charge is -2.10. The fourth-order valence-electron chi connectivity index (χ4n) is 2.28. The van der Waals surface area contributed by atoms with Gasteiger partial charge in [-0.15, -0.1) is 0 Å². The Morgan fingerprint density at radius 1 is 1.20 bits per heavy atom. The maximum absolute atomic E-state index is 13.2. The van der Waals surface area contributed by atoms with Crippen LogP contribution >= 0.6 is 0 Å². The molecule has 2 aromatic rings. The lowest BCUT2D eigenvalue weighted by Crippen LogP contribution is -2.01. The standard InChI is InChI=1S/C17H17FO2/c1-11(2)8-12-4-3-5-13(9-12)15-7-6-14(18)10-16(15)17(19)20/h3-7,9-11H,8H2,1-2H3,(H,19,20). The minimum atomic E-state index is -1.12. The Hall–Kier alpha value is -2.16. The molecule has 0 radical (unpaired) electrons. The molecule has 0 aliphatic heterocycles. The molecule has 0 fully saturated rings. The first-order valence-corrected chi connectivity index (χ1v) is 6.59. The Kier molecular flexibility index (Phi) is 4.18. The Balaban J connectivity index is 2.48. The first-order chi connectivity index (χ1) is 9.47. The minimum Gasteiger partial charge on any atom is -0.478 e. The van der Waals surface area contributed by atoms with Crippen LogP contribution < -0.4 is 0 Å². The Labute approximate surface area is 117 Å². The van der Waals surface area contributed by atoms with Crippen molar-refractivity contribution < 1.29 is 14.3 Å². The number of aromatic carboxylic acids is 1. The van der Waals surface area contributed by atoms with E-state index in [1.54, 1.807) is 0 Å². The molecule has 104 valence electrons. The Morgan fingerprint density at radius 3 is 2.60 bits per heavy atom. The number of hydrogen-bond donors (Lipinski definition) is 1. The SMILES string of the molecule is CC(C)Cc1cccc(-c2ccc(F)cc2C(=O)O)c1. The summed E-state index contributed by atoms with van der Waals surface area (Å²) in [6.45, 7) is 4.26. The highest BCUT2D eigenvalue weighted by molar-refractivity contribution is 5.96. The summed E-state index contributed by atoms with van der Waals surface area (Å²) in [5.74, 6) is -1.13. The fraction of sp³-hybridized carbons (Fsp3) is 0.235. The lowest BCUT2D eigenvalue weighted by atomic mass is 9.95. The number of hydrogen-bond acceptors (Lipinski definition) is 1. The van der Waals surface area contributed by atoms with Crippen molar-refractivity contribution in [3.63, 3.8) is 0 Å². The van der Waals surface area contributed by atoms with Gasteiger partial charge in [0, 0.05) is 0 Å². The van der Waals surface area contributed by atoms with Crippen LogP contribution in [0.5, 0.6) is 0 Å². The molecule has 0 aliphatic carbocycles. The third-order valence-corrected chi connectivity index (χ3v) is 3.09. The summed E-state index contributed by atoms with van der Waals surface area (Å²) in [7, 11) is 0. The highest BCUT2D eigenvalue weighted by Crippen LogP contribution is 2.26. The molecule has 20 heavy (non-hydrogen) atoms. The van der Waals surface area contributed by atoms with Crippen molar-refractivity contribution in [2.45, 2.75) is 20.3 Å². The number of halogens is 1. The molecule has 1 N–H and O–H groups in total. The average molecular weight is 272 g/mol. The minimum absolute atomic E-state index is 0.00769. The molecule has 0 aromatic heterocycles. The fourth-order valence-corrected chi connectivity index (χ4v) is 2.28.